The lowest BCUT2D eigenvalue weighted by molar-refractivity contribution is -0.929. The summed E-state index contributed by atoms with van der Waals surface area (Å²) in [6, 6.07) is 15.1. The van der Waals surface area contributed by atoms with E-state index in [4.69, 9.17) is 0 Å². The second kappa shape index (κ2) is 6.30. The van der Waals surface area contributed by atoms with Gasteiger partial charge in [0.25, 0.3) is 0 Å². The first-order valence-electron chi connectivity index (χ1n) is 8.76. The second-order valence-electron chi connectivity index (χ2n) is 6.75. The molecule has 0 saturated carbocycles. The fourth-order valence-corrected chi connectivity index (χ4v) is 4.66. The fraction of sp³-hybridized carbons (Fsp3) is 0.200. The number of nitrogens with zero attached hydrogens (tertiary/aromatic N) is 3. The van der Waals surface area contributed by atoms with Gasteiger partial charge >= 0.3 is 0 Å². The number of thiazole rings is 1. The van der Waals surface area contributed by atoms with Crippen LogP contribution in [0.15, 0.2) is 54.7 Å². The van der Waals surface area contributed by atoms with E-state index in [1.54, 1.807) is 28.4 Å². The highest BCUT2D eigenvalue weighted by Crippen LogP contribution is 2.24. The van der Waals surface area contributed by atoms with E-state index in [0.29, 0.717) is 0 Å². The van der Waals surface area contributed by atoms with Crippen LogP contribution in [0.3, 0.4) is 0 Å². The number of hydrogen-bond acceptors (Lipinski definition) is 3. The van der Waals surface area contributed by atoms with Gasteiger partial charge in [0, 0.05) is 23.7 Å². The Bertz CT molecular complexity index is 1070. The topological polar surface area (TPSA) is 34.6 Å². The third-order valence-electron chi connectivity index (χ3n) is 4.99. The number of aromatic nitrogens is 3. The Morgan fingerprint density at radius 3 is 2.69 bits per heavy atom. The number of nitrogens with one attached hydrogen (secondary N) is 1. The van der Waals surface area contributed by atoms with Crippen LogP contribution in [-0.2, 0) is 19.5 Å². The summed E-state index contributed by atoms with van der Waals surface area (Å²) in [7, 11) is 0. The van der Waals surface area contributed by atoms with Crippen molar-refractivity contribution in [3.63, 3.8) is 0 Å². The highest BCUT2D eigenvalue weighted by atomic mass is 32.1. The molecule has 0 saturated heterocycles. The van der Waals surface area contributed by atoms with Crippen molar-refractivity contribution in [1.29, 1.82) is 0 Å². The Labute approximate surface area is 154 Å². The molecule has 1 aliphatic rings. The van der Waals surface area contributed by atoms with Crippen molar-refractivity contribution in [2.45, 2.75) is 19.5 Å². The molecular weight excluding hydrogens is 347 g/mol. The lowest BCUT2D eigenvalue weighted by Gasteiger charge is -2.25. The zero-order valence-corrected chi connectivity index (χ0v) is 15.0. The minimum absolute atomic E-state index is 0.241. The average Bonchev–Trinajstić information content (AvgIpc) is 3.22. The summed E-state index contributed by atoms with van der Waals surface area (Å²) in [4.78, 5) is 3.76. The largest absolute Gasteiger partial charge is 0.326 e. The van der Waals surface area contributed by atoms with Crippen LogP contribution in [0, 0.1) is 5.82 Å². The average molecular weight is 365 g/mol. The van der Waals surface area contributed by atoms with Crippen molar-refractivity contribution < 1.29 is 9.29 Å². The predicted octanol–water partition coefficient (Wildman–Crippen LogP) is 2.74. The number of rotatable bonds is 3. The Morgan fingerprint density at radius 1 is 1.04 bits per heavy atom. The molecule has 0 spiro atoms. The van der Waals surface area contributed by atoms with Gasteiger partial charge in [0.15, 0.2) is 5.82 Å². The van der Waals surface area contributed by atoms with Crippen molar-refractivity contribution >= 4 is 16.3 Å². The van der Waals surface area contributed by atoms with Crippen molar-refractivity contribution in [1.82, 2.24) is 14.6 Å². The molecule has 5 rings (SSSR count). The molecule has 4 nitrogen and oxygen atoms in total. The van der Waals surface area contributed by atoms with Gasteiger partial charge in [-0.1, -0.05) is 35.6 Å². The molecular formula is C20H18FN4S+. The van der Waals surface area contributed by atoms with Gasteiger partial charge in [-0.3, -0.25) is 4.40 Å². The molecule has 0 fully saturated rings. The van der Waals surface area contributed by atoms with Crippen LogP contribution in [-0.4, -0.2) is 21.1 Å². The van der Waals surface area contributed by atoms with Gasteiger partial charge in [-0.05, 0) is 29.8 Å². The summed E-state index contributed by atoms with van der Waals surface area (Å²) in [5.74, 6) is 0.524. The highest BCUT2D eigenvalue weighted by Gasteiger charge is 2.21. The Kier molecular flexibility index (Phi) is 3.80. The number of halogens is 1. The van der Waals surface area contributed by atoms with Gasteiger partial charge in [0.05, 0.1) is 11.4 Å². The van der Waals surface area contributed by atoms with Gasteiger partial charge in [-0.15, -0.1) is 10.2 Å². The van der Waals surface area contributed by atoms with Crippen LogP contribution in [0.5, 0.6) is 0 Å². The first kappa shape index (κ1) is 15.7. The SMILES string of the molecule is Fc1ccc(-c2nnc3sc(C[NH+]4CCc5ccccc5C4)cn23)cc1. The zero-order chi connectivity index (χ0) is 17.5. The van der Waals surface area contributed by atoms with Gasteiger partial charge in [-0.25, -0.2) is 4.39 Å². The van der Waals surface area contributed by atoms with Crippen LogP contribution in [0.1, 0.15) is 16.0 Å². The third-order valence-corrected chi connectivity index (χ3v) is 5.97. The smallest absolute Gasteiger partial charge is 0.216 e. The number of hydrogen-bond donors (Lipinski definition) is 1. The molecule has 0 aliphatic carbocycles. The number of fused-ring (bicyclic) bond motifs is 2. The van der Waals surface area contributed by atoms with Crippen molar-refractivity contribution in [2.75, 3.05) is 6.54 Å². The lowest BCUT2D eigenvalue weighted by atomic mass is 10.00. The predicted molar refractivity (Wildman–Crippen MR) is 99.6 cm³/mol. The van der Waals surface area contributed by atoms with Gasteiger partial charge in [-0.2, -0.15) is 0 Å². The molecule has 3 heterocycles. The van der Waals surface area contributed by atoms with Crippen LogP contribution >= 0.6 is 11.3 Å². The van der Waals surface area contributed by atoms with Crippen molar-refractivity contribution in [3.8, 4) is 11.4 Å². The molecule has 26 heavy (non-hydrogen) atoms. The van der Waals surface area contributed by atoms with Gasteiger partial charge in [0.1, 0.15) is 18.9 Å². The van der Waals surface area contributed by atoms with E-state index in [1.807, 2.05) is 4.40 Å². The quantitative estimate of drug-likeness (QED) is 0.606. The maximum absolute atomic E-state index is 13.2. The summed E-state index contributed by atoms with van der Waals surface area (Å²) < 4.78 is 15.2. The Hall–Kier alpha value is -2.57. The summed E-state index contributed by atoms with van der Waals surface area (Å²) >= 11 is 1.69. The molecule has 2 aromatic carbocycles. The van der Waals surface area contributed by atoms with E-state index in [-0.39, 0.29) is 5.82 Å². The molecule has 1 atom stereocenters. The Balaban J connectivity index is 1.40. The Morgan fingerprint density at radius 2 is 1.85 bits per heavy atom. The zero-order valence-electron chi connectivity index (χ0n) is 14.2. The normalized spacial score (nSPS) is 16.7. The standard InChI is InChI=1S/C20H17FN4S/c21-17-7-5-15(6-8-17)19-22-23-20-25(19)13-18(26-20)12-24-10-9-14-3-1-2-4-16(14)11-24/h1-8,13H,9-12H2/p+1. The first-order valence-corrected chi connectivity index (χ1v) is 9.58. The molecule has 4 aromatic rings. The highest BCUT2D eigenvalue weighted by molar-refractivity contribution is 7.17. The van der Waals surface area contributed by atoms with Gasteiger partial charge in [0.2, 0.25) is 4.96 Å². The van der Waals surface area contributed by atoms with E-state index in [9.17, 15) is 4.39 Å². The van der Waals surface area contributed by atoms with Crippen molar-refractivity contribution in [2.24, 2.45) is 0 Å². The maximum Gasteiger partial charge on any atom is 0.216 e. The minimum Gasteiger partial charge on any atom is -0.326 e. The van der Waals surface area contributed by atoms with E-state index < -0.39 is 0 Å². The second-order valence-corrected chi connectivity index (χ2v) is 7.85. The minimum atomic E-state index is -0.241. The monoisotopic (exact) mass is 365 g/mol. The summed E-state index contributed by atoms with van der Waals surface area (Å²) in [6.45, 7) is 3.21. The molecule has 2 aromatic heterocycles. The van der Waals surface area contributed by atoms with Gasteiger partial charge < -0.3 is 4.90 Å². The molecule has 0 amide bonds. The summed E-state index contributed by atoms with van der Waals surface area (Å²) in [5.41, 5.74) is 3.83. The number of quaternary nitrogens is 1. The first-order chi connectivity index (χ1) is 12.8. The van der Waals surface area contributed by atoms with Crippen molar-refractivity contribution in [3.05, 3.63) is 76.5 Å². The fourth-order valence-electron chi connectivity index (χ4n) is 3.67. The number of benzene rings is 2. The molecule has 130 valence electrons. The molecule has 1 unspecified atom stereocenters. The van der Waals surface area contributed by atoms with Crippen LogP contribution in [0.2, 0.25) is 0 Å². The van der Waals surface area contributed by atoms with E-state index in [0.717, 1.165) is 42.4 Å². The summed E-state index contributed by atoms with van der Waals surface area (Å²) in [6.07, 6.45) is 3.27. The van der Waals surface area contributed by atoms with E-state index >= 15 is 0 Å². The third kappa shape index (κ3) is 2.81. The molecule has 0 radical (unpaired) electrons. The molecule has 1 N–H and O–H groups in total. The molecule has 1 aliphatic heterocycles. The summed E-state index contributed by atoms with van der Waals surface area (Å²) in [5, 5.41) is 8.56. The van der Waals surface area contributed by atoms with E-state index in [2.05, 4.69) is 40.7 Å². The molecule has 0 bridgehead atoms. The maximum atomic E-state index is 13.2. The van der Waals surface area contributed by atoms with E-state index in [1.165, 1.54) is 28.1 Å². The molecule has 6 heteroatoms. The lowest BCUT2D eigenvalue weighted by Crippen LogP contribution is -3.10. The van der Waals surface area contributed by atoms with Crippen LogP contribution in [0.4, 0.5) is 4.39 Å². The van der Waals surface area contributed by atoms with Crippen LogP contribution < -0.4 is 4.90 Å². The van der Waals surface area contributed by atoms with Crippen LogP contribution in [0.25, 0.3) is 16.3 Å².